The summed E-state index contributed by atoms with van der Waals surface area (Å²) in [5.41, 5.74) is 2.88. The van der Waals surface area contributed by atoms with Crippen molar-refractivity contribution < 1.29 is 37.0 Å². The van der Waals surface area contributed by atoms with Crippen molar-refractivity contribution in [3.63, 3.8) is 0 Å². The molecule has 1 aromatic heterocycles. The van der Waals surface area contributed by atoms with Crippen molar-refractivity contribution in [3.8, 4) is 11.4 Å². The minimum Gasteiger partial charge on any atom is -0.462 e. The second kappa shape index (κ2) is 14.3. The van der Waals surface area contributed by atoms with Crippen LogP contribution in [0.5, 0.6) is 5.75 Å². The molecule has 0 unspecified atom stereocenters. The van der Waals surface area contributed by atoms with Gasteiger partial charge in [-0.1, -0.05) is 42.5 Å². The minimum atomic E-state index is -3.87. The van der Waals surface area contributed by atoms with Crippen molar-refractivity contribution in [2.24, 2.45) is 0 Å². The normalized spacial score (nSPS) is 11.8. The van der Waals surface area contributed by atoms with E-state index < -0.39 is 22.0 Å². The number of para-hydroxylation sites is 1. The van der Waals surface area contributed by atoms with Gasteiger partial charge in [0.2, 0.25) is 10.0 Å². The minimum absolute atomic E-state index is 0.0277. The Bertz CT molecular complexity index is 1960. The van der Waals surface area contributed by atoms with Gasteiger partial charge in [-0.05, 0) is 56.3 Å². The van der Waals surface area contributed by atoms with Crippen molar-refractivity contribution in [2.75, 3.05) is 47.1 Å². The zero-order chi connectivity index (χ0) is 32.8. The molecule has 1 heterocycles. The van der Waals surface area contributed by atoms with E-state index in [1.165, 1.54) is 42.8 Å². The molecule has 0 N–H and O–H groups in total. The smallest absolute Gasteiger partial charge is 0.343 e. The molecule has 5 aromatic rings. The van der Waals surface area contributed by atoms with Crippen LogP contribution < -0.4 is 4.74 Å². The molecule has 11 heteroatoms. The van der Waals surface area contributed by atoms with Gasteiger partial charge in [0.1, 0.15) is 5.75 Å². The first kappa shape index (κ1) is 32.8. The van der Waals surface area contributed by atoms with E-state index in [0.29, 0.717) is 22.0 Å². The number of aromatic nitrogens is 1. The Labute approximate surface area is 268 Å². The maximum Gasteiger partial charge on any atom is 0.343 e. The molecule has 0 bridgehead atoms. The molecule has 46 heavy (non-hydrogen) atoms. The van der Waals surface area contributed by atoms with E-state index in [9.17, 15) is 18.0 Å². The molecule has 0 aliphatic heterocycles. The van der Waals surface area contributed by atoms with Crippen LogP contribution in [0, 0.1) is 6.92 Å². The Morgan fingerprint density at radius 1 is 0.783 bits per heavy atom. The molecule has 0 saturated carbocycles. The number of hydrogen-bond donors (Lipinski definition) is 0. The number of sulfonamides is 1. The van der Waals surface area contributed by atoms with Gasteiger partial charge in [0.25, 0.3) is 0 Å². The monoisotopic (exact) mass is 644 g/mol. The largest absolute Gasteiger partial charge is 0.462 e. The number of ether oxygens (including phenoxy) is 4. The predicted octanol–water partition coefficient (Wildman–Crippen LogP) is 5.77. The maximum absolute atomic E-state index is 13.5. The van der Waals surface area contributed by atoms with Crippen LogP contribution in [0.2, 0.25) is 0 Å². The fourth-order valence-corrected chi connectivity index (χ4v) is 6.89. The number of nitrogens with zero attached hydrogens (tertiary/aromatic N) is 2. The summed E-state index contributed by atoms with van der Waals surface area (Å²) in [6.45, 7) is 4.56. The molecule has 10 nitrogen and oxygen atoms in total. The van der Waals surface area contributed by atoms with Crippen LogP contribution in [0.15, 0.2) is 89.8 Å². The molecular formula is C35H36N2O8S. The highest BCUT2D eigenvalue weighted by Crippen LogP contribution is 2.40. The highest BCUT2D eigenvalue weighted by molar-refractivity contribution is 7.89. The average molecular weight is 645 g/mol. The lowest BCUT2D eigenvalue weighted by Gasteiger charge is -2.21. The number of carbonyl (C=O) groups excluding carboxylic acids is 2. The van der Waals surface area contributed by atoms with E-state index in [-0.39, 0.29) is 49.1 Å². The second-order valence-electron chi connectivity index (χ2n) is 10.5. The molecule has 0 aliphatic carbocycles. The summed E-state index contributed by atoms with van der Waals surface area (Å²) in [5.74, 6) is -0.902. The first-order chi connectivity index (χ1) is 22.2. The number of rotatable bonds is 13. The summed E-state index contributed by atoms with van der Waals surface area (Å²) < 4.78 is 51.5. The number of benzene rings is 4. The molecular weight excluding hydrogens is 608 g/mol. The Hall–Kier alpha value is -4.55. The lowest BCUT2D eigenvalue weighted by atomic mass is 10.0. The van der Waals surface area contributed by atoms with E-state index in [1.807, 2.05) is 66.1 Å². The standard InChI is InChI=1S/C35H36N2O8S/c1-5-44-35(39)32-24(2)37(26-11-7-6-8-12-26)33-29-14-10-9-13-28(29)31(23-30(32)33)45-34(38)25-15-17-27(18-16-25)46(40,41)36(19-21-42-3)20-22-43-4/h6-18,23H,5,19-22H2,1-4H3. The number of hydrogen-bond acceptors (Lipinski definition) is 8. The second-order valence-corrected chi connectivity index (χ2v) is 12.4. The molecule has 5 rings (SSSR count). The van der Waals surface area contributed by atoms with Crippen LogP contribution >= 0.6 is 0 Å². The molecule has 0 spiro atoms. The van der Waals surface area contributed by atoms with Gasteiger partial charge in [-0.3, -0.25) is 0 Å². The van der Waals surface area contributed by atoms with Crippen molar-refractivity contribution in [2.45, 2.75) is 18.7 Å². The highest BCUT2D eigenvalue weighted by atomic mass is 32.2. The zero-order valence-electron chi connectivity index (χ0n) is 26.2. The van der Waals surface area contributed by atoms with Crippen molar-refractivity contribution in [3.05, 3.63) is 102 Å². The van der Waals surface area contributed by atoms with Crippen molar-refractivity contribution in [1.82, 2.24) is 8.87 Å². The van der Waals surface area contributed by atoms with Gasteiger partial charge in [0.05, 0.1) is 41.4 Å². The zero-order valence-corrected chi connectivity index (χ0v) is 27.0. The van der Waals surface area contributed by atoms with Gasteiger partial charge in [0.15, 0.2) is 0 Å². The fraction of sp³-hybridized carbons (Fsp3) is 0.257. The molecule has 0 saturated heterocycles. The van der Waals surface area contributed by atoms with Gasteiger partial charge in [-0.2, -0.15) is 4.31 Å². The van der Waals surface area contributed by atoms with Crippen LogP contribution in [-0.2, 0) is 24.2 Å². The third-order valence-corrected chi connectivity index (χ3v) is 9.60. The third-order valence-electron chi connectivity index (χ3n) is 7.68. The third kappa shape index (κ3) is 6.40. The van der Waals surface area contributed by atoms with Gasteiger partial charge < -0.3 is 23.5 Å². The summed E-state index contributed by atoms with van der Waals surface area (Å²) in [6, 6.07) is 24.5. The summed E-state index contributed by atoms with van der Waals surface area (Å²) >= 11 is 0. The van der Waals surface area contributed by atoms with E-state index >= 15 is 0 Å². The van der Waals surface area contributed by atoms with Crippen molar-refractivity contribution in [1.29, 1.82) is 0 Å². The number of methoxy groups -OCH3 is 2. The maximum atomic E-state index is 13.5. The molecule has 0 amide bonds. The lowest BCUT2D eigenvalue weighted by Crippen LogP contribution is -2.36. The fourth-order valence-electron chi connectivity index (χ4n) is 5.49. The molecule has 240 valence electrons. The summed E-state index contributed by atoms with van der Waals surface area (Å²) in [4.78, 5) is 26.8. The van der Waals surface area contributed by atoms with Crippen LogP contribution in [-0.4, -0.2) is 76.4 Å². The SMILES string of the molecule is CCOC(=O)c1c(C)n(-c2ccccc2)c2c1cc(OC(=O)c1ccc(S(=O)(=O)N(CCOC)CCOC)cc1)c1ccccc12. The van der Waals surface area contributed by atoms with Gasteiger partial charge in [0, 0.05) is 54.8 Å². The van der Waals surface area contributed by atoms with Crippen LogP contribution in [0.25, 0.3) is 27.4 Å². The summed E-state index contributed by atoms with van der Waals surface area (Å²) in [7, 11) is -0.867. The summed E-state index contributed by atoms with van der Waals surface area (Å²) in [6.07, 6.45) is 0. The Morgan fingerprint density at radius 3 is 2.00 bits per heavy atom. The van der Waals surface area contributed by atoms with Crippen LogP contribution in [0.4, 0.5) is 0 Å². The van der Waals surface area contributed by atoms with E-state index in [4.69, 9.17) is 18.9 Å². The average Bonchev–Trinajstić information content (AvgIpc) is 3.36. The Morgan fingerprint density at radius 2 is 1.39 bits per heavy atom. The molecule has 0 atom stereocenters. The van der Waals surface area contributed by atoms with E-state index in [2.05, 4.69) is 0 Å². The van der Waals surface area contributed by atoms with E-state index in [0.717, 1.165) is 16.6 Å². The number of esters is 2. The molecule has 0 fully saturated rings. The van der Waals surface area contributed by atoms with E-state index in [1.54, 1.807) is 13.0 Å². The molecule has 0 aliphatic rings. The van der Waals surface area contributed by atoms with Crippen molar-refractivity contribution >= 4 is 43.6 Å². The topological polar surface area (TPSA) is 113 Å². The van der Waals surface area contributed by atoms with Crippen LogP contribution in [0.1, 0.15) is 33.3 Å². The summed E-state index contributed by atoms with van der Waals surface area (Å²) in [5, 5.41) is 2.02. The van der Waals surface area contributed by atoms with Crippen LogP contribution in [0.3, 0.4) is 0 Å². The predicted molar refractivity (Wildman–Crippen MR) is 175 cm³/mol. The number of fused-ring (bicyclic) bond motifs is 3. The Balaban J connectivity index is 1.55. The molecule has 0 radical (unpaired) electrons. The quantitative estimate of drug-likeness (QED) is 0.117. The molecule has 4 aromatic carbocycles. The first-order valence-electron chi connectivity index (χ1n) is 14.8. The number of carbonyl (C=O) groups is 2. The Kier molecular flexibility index (Phi) is 10.2. The lowest BCUT2D eigenvalue weighted by molar-refractivity contribution is 0.0527. The van der Waals surface area contributed by atoms with Gasteiger partial charge >= 0.3 is 11.9 Å². The van der Waals surface area contributed by atoms with Gasteiger partial charge in [-0.25, -0.2) is 18.0 Å². The highest BCUT2D eigenvalue weighted by Gasteiger charge is 2.27. The van der Waals surface area contributed by atoms with Gasteiger partial charge in [-0.15, -0.1) is 0 Å². The first-order valence-corrected chi connectivity index (χ1v) is 16.3.